The third kappa shape index (κ3) is 6.66. The monoisotopic (exact) mass is 817 g/mol. The molecule has 0 radical (unpaired) electrons. The predicted molar refractivity (Wildman–Crippen MR) is 270 cm³/mol. The largest absolute Gasteiger partial charge is 0.310 e. The average molecular weight is 818 g/mol. The molecule has 1 aliphatic carbocycles. The summed E-state index contributed by atoms with van der Waals surface area (Å²) in [5, 5.41) is 3.72. The molecular weight excluding hydrogens is 775 g/mol. The lowest BCUT2D eigenvalue weighted by Crippen LogP contribution is -2.10. The van der Waals surface area contributed by atoms with Crippen molar-refractivity contribution in [3.05, 3.63) is 242 Å². The van der Waals surface area contributed by atoms with Crippen molar-refractivity contribution < 1.29 is 0 Å². The Bertz CT molecular complexity index is 3530. The van der Waals surface area contributed by atoms with E-state index in [4.69, 9.17) is 4.98 Å². The number of anilines is 3. The third-order valence-electron chi connectivity index (χ3n) is 12.8. The molecule has 0 saturated heterocycles. The van der Waals surface area contributed by atoms with E-state index in [2.05, 4.69) is 246 Å². The lowest BCUT2D eigenvalue weighted by molar-refractivity contribution is 0.982. The molecule has 64 heavy (non-hydrogen) atoms. The first kappa shape index (κ1) is 37.5. The van der Waals surface area contributed by atoms with E-state index in [0.29, 0.717) is 0 Å². The Morgan fingerprint density at radius 3 is 1.73 bits per heavy atom. The summed E-state index contributed by atoms with van der Waals surface area (Å²) in [4.78, 5) is 7.65. The van der Waals surface area contributed by atoms with Crippen LogP contribution in [-0.2, 0) is 6.42 Å². The van der Waals surface area contributed by atoms with Crippen molar-refractivity contribution in [1.82, 2.24) is 9.55 Å². The van der Waals surface area contributed by atoms with E-state index in [1.807, 2.05) is 0 Å². The minimum absolute atomic E-state index is 0.989. The van der Waals surface area contributed by atoms with E-state index in [1.165, 1.54) is 60.6 Å². The number of hydrogen-bond acceptors (Lipinski definition) is 2. The van der Waals surface area contributed by atoms with Crippen molar-refractivity contribution in [1.29, 1.82) is 0 Å². The topological polar surface area (TPSA) is 21.1 Å². The molecule has 9 aromatic carbocycles. The summed E-state index contributed by atoms with van der Waals surface area (Å²) in [5.41, 5.74) is 19.8. The number of fused-ring (bicyclic) bond motifs is 6. The van der Waals surface area contributed by atoms with Gasteiger partial charge in [0.2, 0.25) is 0 Å². The predicted octanol–water partition coefficient (Wildman–Crippen LogP) is 16.4. The second-order valence-corrected chi connectivity index (χ2v) is 16.7. The number of allylic oxidation sites excluding steroid dienone is 1. The van der Waals surface area contributed by atoms with Gasteiger partial charge in [0.1, 0.15) is 0 Å². The molecule has 3 nitrogen and oxygen atoms in total. The van der Waals surface area contributed by atoms with Gasteiger partial charge in [-0.1, -0.05) is 158 Å². The Balaban J connectivity index is 0.935. The third-order valence-corrected chi connectivity index (χ3v) is 12.8. The quantitative estimate of drug-likeness (QED) is 0.152. The number of rotatable bonds is 8. The lowest BCUT2D eigenvalue weighted by atomic mass is 9.89. The fourth-order valence-corrected chi connectivity index (χ4v) is 9.75. The smallest absolute Gasteiger partial charge is 0.0747 e. The molecule has 0 spiro atoms. The highest BCUT2D eigenvalue weighted by molar-refractivity contribution is 6.10. The Kier molecular flexibility index (Phi) is 9.31. The first-order valence-corrected chi connectivity index (χ1v) is 22.2. The molecule has 0 saturated carbocycles. The summed E-state index contributed by atoms with van der Waals surface area (Å²) >= 11 is 0. The van der Waals surface area contributed by atoms with Gasteiger partial charge in [-0.05, 0) is 136 Å². The minimum atomic E-state index is 0.989. The Morgan fingerprint density at radius 1 is 0.391 bits per heavy atom. The highest BCUT2D eigenvalue weighted by Crippen LogP contribution is 2.41. The summed E-state index contributed by atoms with van der Waals surface area (Å²) in [6, 6.07) is 81.2. The van der Waals surface area contributed by atoms with Crippen LogP contribution in [0.25, 0.3) is 89.1 Å². The Hall–Kier alpha value is -8.27. The van der Waals surface area contributed by atoms with Gasteiger partial charge in [-0.15, -0.1) is 0 Å². The van der Waals surface area contributed by atoms with E-state index in [0.717, 1.165) is 63.5 Å². The molecule has 2 aromatic heterocycles. The van der Waals surface area contributed by atoms with Crippen LogP contribution in [-0.4, -0.2) is 9.55 Å². The minimum Gasteiger partial charge on any atom is -0.310 e. The average Bonchev–Trinajstić information content (AvgIpc) is 3.71. The zero-order valence-electron chi connectivity index (χ0n) is 35.3. The normalized spacial score (nSPS) is 12.2. The maximum Gasteiger partial charge on any atom is 0.0747 e. The number of benzene rings is 9. The SMILES string of the molecule is C1=Cc2c(c(-c3cccc(-c4cccc(N(c5ccc(-c6ccccc6)cc5)c5ccc(-c6ccc7c(c6)c6ccccc6n7-c6ccccc6)cc5)c4)c3)nc3ccccc23)CC1. The maximum atomic E-state index is 5.28. The maximum absolute atomic E-state index is 5.28. The molecular formula is C61H43N3. The molecule has 0 bridgehead atoms. The molecule has 0 unspecified atom stereocenters. The van der Waals surface area contributed by atoms with Crippen LogP contribution < -0.4 is 4.90 Å². The van der Waals surface area contributed by atoms with Gasteiger partial charge in [-0.2, -0.15) is 0 Å². The van der Waals surface area contributed by atoms with Gasteiger partial charge in [-0.3, -0.25) is 0 Å². The van der Waals surface area contributed by atoms with E-state index in [-0.39, 0.29) is 0 Å². The summed E-state index contributed by atoms with van der Waals surface area (Å²) in [6.45, 7) is 0. The van der Waals surface area contributed by atoms with Crippen LogP contribution in [0.4, 0.5) is 17.1 Å². The van der Waals surface area contributed by atoms with E-state index in [9.17, 15) is 0 Å². The fraction of sp³-hybridized carbons (Fsp3) is 0.0328. The van der Waals surface area contributed by atoms with Gasteiger partial charge in [0.15, 0.2) is 0 Å². The van der Waals surface area contributed by atoms with Gasteiger partial charge in [-0.25, -0.2) is 4.98 Å². The van der Waals surface area contributed by atoms with Crippen LogP contribution in [0, 0.1) is 0 Å². The standard InChI is InChI=1S/C61H43N3/c1-3-15-42(16-4-1)43-29-34-50(35-30-43)63(51-36-31-44(32-37-51)47-33-38-60-57(41-47)55-25-10-12-28-59(55)64(60)49-20-5-2-6-21-49)52-22-14-18-46(40-52)45-17-13-19-48(39-45)61-56-26-8-7-23-53(56)54-24-9-11-27-58(54)62-61/h1-7,9-25,27-41H,8,26H2. The molecule has 0 fully saturated rings. The summed E-state index contributed by atoms with van der Waals surface area (Å²) in [5.74, 6) is 0. The highest BCUT2D eigenvalue weighted by Gasteiger charge is 2.19. The van der Waals surface area contributed by atoms with Crippen LogP contribution in [0.15, 0.2) is 231 Å². The van der Waals surface area contributed by atoms with Crippen LogP contribution in [0.5, 0.6) is 0 Å². The zero-order valence-corrected chi connectivity index (χ0v) is 35.3. The molecule has 302 valence electrons. The molecule has 3 heteroatoms. The second kappa shape index (κ2) is 15.9. The van der Waals surface area contributed by atoms with Gasteiger partial charge in [0.05, 0.1) is 22.2 Å². The Labute approximate surface area is 373 Å². The van der Waals surface area contributed by atoms with E-state index < -0.39 is 0 Å². The van der Waals surface area contributed by atoms with Crippen molar-refractivity contribution in [2.75, 3.05) is 4.90 Å². The number of nitrogens with zero attached hydrogens (tertiary/aromatic N) is 3. The molecule has 0 atom stereocenters. The molecule has 0 N–H and O–H groups in total. The van der Waals surface area contributed by atoms with Crippen LogP contribution in [0.1, 0.15) is 17.5 Å². The molecule has 0 aliphatic heterocycles. The summed E-state index contributed by atoms with van der Waals surface area (Å²) < 4.78 is 2.37. The zero-order chi connectivity index (χ0) is 42.4. The van der Waals surface area contributed by atoms with Gasteiger partial charge < -0.3 is 9.47 Å². The van der Waals surface area contributed by atoms with Crippen molar-refractivity contribution >= 4 is 55.8 Å². The van der Waals surface area contributed by atoms with Crippen molar-refractivity contribution in [3.8, 4) is 50.3 Å². The van der Waals surface area contributed by atoms with Gasteiger partial charge in [0.25, 0.3) is 0 Å². The molecule has 0 amide bonds. The molecule has 1 aliphatic rings. The van der Waals surface area contributed by atoms with Crippen molar-refractivity contribution in [2.24, 2.45) is 0 Å². The second-order valence-electron chi connectivity index (χ2n) is 16.7. The molecule has 11 aromatic rings. The first-order valence-electron chi connectivity index (χ1n) is 22.2. The number of para-hydroxylation sites is 3. The molecule has 2 heterocycles. The molecule has 12 rings (SSSR count). The van der Waals surface area contributed by atoms with Crippen LogP contribution in [0.2, 0.25) is 0 Å². The van der Waals surface area contributed by atoms with Gasteiger partial charge >= 0.3 is 0 Å². The number of pyridine rings is 1. The lowest BCUT2D eigenvalue weighted by Gasteiger charge is -2.26. The van der Waals surface area contributed by atoms with E-state index >= 15 is 0 Å². The van der Waals surface area contributed by atoms with Crippen LogP contribution >= 0.6 is 0 Å². The first-order chi connectivity index (χ1) is 31.7. The number of aromatic nitrogens is 2. The van der Waals surface area contributed by atoms with Crippen molar-refractivity contribution in [2.45, 2.75) is 12.8 Å². The van der Waals surface area contributed by atoms with Gasteiger partial charge in [0, 0.05) is 44.5 Å². The fourth-order valence-electron chi connectivity index (χ4n) is 9.75. The van der Waals surface area contributed by atoms with E-state index in [1.54, 1.807) is 0 Å². The number of hydrogen-bond donors (Lipinski definition) is 0. The highest BCUT2D eigenvalue weighted by atomic mass is 15.1. The summed E-state index contributed by atoms with van der Waals surface area (Å²) in [7, 11) is 0. The summed E-state index contributed by atoms with van der Waals surface area (Å²) in [6.07, 6.45) is 6.60. The Morgan fingerprint density at radius 2 is 0.953 bits per heavy atom. The van der Waals surface area contributed by atoms with Crippen LogP contribution in [0.3, 0.4) is 0 Å². The van der Waals surface area contributed by atoms with Crippen molar-refractivity contribution in [3.63, 3.8) is 0 Å².